The SMILES string of the molecule is COc1ccc(-c2[nH]ncc2C(=O)NC(C)c2ccccc2C)cc1. The molecule has 25 heavy (non-hydrogen) atoms. The number of ether oxygens (including phenoxy) is 1. The molecule has 0 spiro atoms. The third-order valence-corrected chi connectivity index (χ3v) is 4.27. The number of amides is 1. The summed E-state index contributed by atoms with van der Waals surface area (Å²) in [6.07, 6.45) is 1.56. The number of hydrogen-bond donors (Lipinski definition) is 2. The Morgan fingerprint density at radius 3 is 2.56 bits per heavy atom. The number of aromatic nitrogens is 2. The highest BCUT2D eigenvalue weighted by atomic mass is 16.5. The largest absolute Gasteiger partial charge is 0.497 e. The van der Waals surface area contributed by atoms with Crippen LogP contribution in [-0.2, 0) is 0 Å². The van der Waals surface area contributed by atoms with Gasteiger partial charge in [0.05, 0.1) is 30.6 Å². The zero-order valence-electron chi connectivity index (χ0n) is 14.5. The first-order valence-electron chi connectivity index (χ1n) is 8.14. The molecule has 0 aliphatic rings. The van der Waals surface area contributed by atoms with Gasteiger partial charge >= 0.3 is 0 Å². The lowest BCUT2D eigenvalue weighted by Crippen LogP contribution is -2.27. The number of H-pyrrole nitrogens is 1. The standard InChI is InChI=1S/C20H21N3O2/c1-13-6-4-5-7-17(13)14(2)22-20(24)18-12-21-23-19(18)15-8-10-16(25-3)11-9-15/h4-12,14H,1-3H3,(H,21,23)(H,22,24). The number of carbonyl (C=O) groups excluding carboxylic acids is 1. The van der Waals surface area contributed by atoms with Crippen LogP contribution in [0.5, 0.6) is 5.75 Å². The Labute approximate surface area is 147 Å². The number of hydrogen-bond acceptors (Lipinski definition) is 3. The normalized spacial score (nSPS) is 11.8. The van der Waals surface area contributed by atoms with Gasteiger partial charge in [0.25, 0.3) is 5.91 Å². The molecule has 0 radical (unpaired) electrons. The first kappa shape index (κ1) is 16.8. The molecule has 1 aromatic heterocycles. The van der Waals surface area contributed by atoms with Crippen LogP contribution in [0.1, 0.15) is 34.5 Å². The number of nitrogens with one attached hydrogen (secondary N) is 2. The summed E-state index contributed by atoms with van der Waals surface area (Å²) in [7, 11) is 1.62. The summed E-state index contributed by atoms with van der Waals surface area (Å²) in [6, 6.07) is 15.5. The molecular formula is C20H21N3O2. The Hall–Kier alpha value is -3.08. The highest BCUT2D eigenvalue weighted by Crippen LogP contribution is 2.24. The molecular weight excluding hydrogens is 314 g/mol. The second-order valence-corrected chi connectivity index (χ2v) is 5.94. The van der Waals surface area contributed by atoms with E-state index in [0.29, 0.717) is 11.3 Å². The molecule has 0 fully saturated rings. The summed E-state index contributed by atoms with van der Waals surface area (Å²) in [5.74, 6) is 0.609. The molecule has 0 saturated heterocycles. The fourth-order valence-corrected chi connectivity index (χ4v) is 2.86. The van der Waals surface area contributed by atoms with Gasteiger partial charge in [0.1, 0.15) is 5.75 Å². The van der Waals surface area contributed by atoms with Gasteiger partial charge in [0.2, 0.25) is 0 Å². The van der Waals surface area contributed by atoms with Crippen LogP contribution in [0.25, 0.3) is 11.3 Å². The van der Waals surface area contributed by atoms with Gasteiger partial charge in [-0.25, -0.2) is 0 Å². The third-order valence-electron chi connectivity index (χ3n) is 4.27. The van der Waals surface area contributed by atoms with E-state index in [-0.39, 0.29) is 11.9 Å². The van der Waals surface area contributed by atoms with Gasteiger partial charge in [-0.1, -0.05) is 24.3 Å². The highest BCUT2D eigenvalue weighted by Gasteiger charge is 2.18. The monoisotopic (exact) mass is 335 g/mol. The van der Waals surface area contributed by atoms with E-state index in [4.69, 9.17) is 4.74 Å². The van der Waals surface area contributed by atoms with Crippen molar-refractivity contribution in [3.8, 4) is 17.0 Å². The minimum absolute atomic E-state index is 0.0904. The summed E-state index contributed by atoms with van der Waals surface area (Å²) >= 11 is 0. The van der Waals surface area contributed by atoms with Crippen LogP contribution in [0.2, 0.25) is 0 Å². The Morgan fingerprint density at radius 2 is 1.88 bits per heavy atom. The molecule has 2 aromatic carbocycles. The number of aryl methyl sites for hydroxylation is 1. The summed E-state index contributed by atoms with van der Waals surface area (Å²) in [6.45, 7) is 4.02. The van der Waals surface area contributed by atoms with Crippen LogP contribution in [0.15, 0.2) is 54.7 Å². The lowest BCUT2D eigenvalue weighted by molar-refractivity contribution is 0.0940. The Morgan fingerprint density at radius 1 is 1.16 bits per heavy atom. The summed E-state index contributed by atoms with van der Waals surface area (Å²) in [4.78, 5) is 12.7. The Kier molecular flexibility index (Phi) is 4.84. The van der Waals surface area contributed by atoms with Crippen LogP contribution >= 0.6 is 0 Å². The Bertz CT molecular complexity index is 869. The summed E-state index contributed by atoms with van der Waals surface area (Å²) in [5.41, 5.74) is 4.35. The number of nitrogens with zero attached hydrogens (tertiary/aromatic N) is 1. The molecule has 1 atom stereocenters. The lowest BCUT2D eigenvalue weighted by Gasteiger charge is -2.16. The average Bonchev–Trinajstić information content (AvgIpc) is 3.12. The van der Waals surface area contributed by atoms with Crippen LogP contribution in [0, 0.1) is 6.92 Å². The summed E-state index contributed by atoms with van der Waals surface area (Å²) < 4.78 is 5.17. The smallest absolute Gasteiger partial charge is 0.255 e. The van der Waals surface area contributed by atoms with Crippen molar-refractivity contribution in [2.45, 2.75) is 19.9 Å². The van der Waals surface area contributed by atoms with Crippen LogP contribution in [0.3, 0.4) is 0 Å². The quantitative estimate of drug-likeness (QED) is 0.743. The van der Waals surface area contributed by atoms with E-state index in [0.717, 1.165) is 22.4 Å². The molecule has 1 heterocycles. The maximum absolute atomic E-state index is 12.7. The maximum atomic E-state index is 12.7. The van der Waals surface area contributed by atoms with E-state index in [9.17, 15) is 4.79 Å². The molecule has 5 heteroatoms. The predicted octanol–water partition coefficient (Wildman–Crippen LogP) is 3.88. The second-order valence-electron chi connectivity index (χ2n) is 5.94. The zero-order valence-corrected chi connectivity index (χ0v) is 14.5. The predicted molar refractivity (Wildman–Crippen MR) is 97.6 cm³/mol. The van der Waals surface area contributed by atoms with Crippen LogP contribution in [0.4, 0.5) is 0 Å². The van der Waals surface area contributed by atoms with Crippen molar-refractivity contribution < 1.29 is 9.53 Å². The molecule has 1 amide bonds. The Balaban J connectivity index is 1.81. The maximum Gasteiger partial charge on any atom is 0.255 e. The van der Waals surface area contributed by atoms with Gasteiger partial charge in [-0.2, -0.15) is 5.10 Å². The number of carbonyl (C=O) groups is 1. The van der Waals surface area contributed by atoms with Crippen molar-refractivity contribution >= 4 is 5.91 Å². The average molecular weight is 335 g/mol. The van der Waals surface area contributed by atoms with Crippen LogP contribution < -0.4 is 10.1 Å². The van der Waals surface area contributed by atoms with E-state index in [1.807, 2.05) is 62.4 Å². The van der Waals surface area contributed by atoms with E-state index in [2.05, 4.69) is 15.5 Å². The molecule has 0 saturated carbocycles. The summed E-state index contributed by atoms with van der Waals surface area (Å²) in [5, 5.41) is 10.0. The van der Waals surface area contributed by atoms with Crippen molar-refractivity contribution in [2.75, 3.05) is 7.11 Å². The van der Waals surface area contributed by atoms with Crippen molar-refractivity contribution in [3.05, 3.63) is 71.4 Å². The molecule has 5 nitrogen and oxygen atoms in total. The van der Waals surface area contributed by atoms with E-state index >= 15 is 0 Å². The number of benzene rings is 2. The fourth-order valence-electron chi connectivity index (χ4n) is 2.86. The minimum Gasteiger partial charge on any atom is -0.497 e. The van der Waals surface area contributed by atoms with E-state index in [1.165, 1.54) is 0 Å². The van der Waals surface area contributed by atoms with E-state index < -0.39 is 0 Å². The molecule has 0 aliphatic carbocycles. The van der Waals surface area contributed by atoms with Gasteiger partial charge in [-0.15, -0.1) is 0 Å². The lowest BCUT2D eigenvalue weighted by atomic mass is 10.0. The first-order valence-corrected chi connectivity index (χ1v) is 8.14. The van der Waals surface area contributed by atoms with E-state index in [1.54, 1.807) is 13.3 Å². The van der Waals surface area contributed by atoms with Crippen molar-refractivity contribution in [1.29, 1.82) is 0 Å². The van der Waals surface area contributed by atoms with Gasteiger partial charge in [0.15, 0.2) is 0 Å². The molecule has 1 unspecified atom stereocenters. The molecule has 2 N–H and O–H groups in total. The number of aromatic amines is 1. The van der Waals surface area contributed by atoms with Gasteiger partial charge in [-0.05, 0) is 49.2 Å². The van der Waals surface area contributed by atoms with Crippen LogP contribution in [-0.4, -0.2) is 23.2 Å². The van der Waals surface area contributed by atoms with Gasteiger partial charge < -0.3 is 10.1 Å². The van der Waals surface area contributed by atoms with Gasteiger partial charge in [0, 0.05) is 5.56 Å². The molecule has 0 aliphatic heterocycles. The zero-order chi connectivity index (χ0) is 17.8. The highest BCUT2D eigenvalue weighted by molar-refractivity contribution is 5.99. The van der Waals surface area contributed by atoms with Gasteiger partial charge in [-0.3, -0.25) is 9.89 Å². The van der Waals surface area contributed by atoms with Crippen molar-refractivity contribution in [3.63, 3.8) is 0 Å². The molecule has 3 rings (SSSR count). The minimum atomic E-state index is -0.157. The fraction of sp³-hybridized carbons (Fsp3) is 0.200. The topological polar surface area (TPSA) is 67.0 Å². The second kappa shape index (κ2) is 7.21. The third kappa shape index (κ3) is 3.55. The molecule has 0 bridgehead atoms. The first-order chi connectivity index (χ1) is 12.1. The van der Waals surface area contributed by atoms with Crippen molar-refractivity contribution in [1.82, 2.24) is 15.5 Å². The van der Waals surface area contributed by atoms with Crippen molar-refractivity contribution in [2.24, 2.45) is 0 Å². The molecule has 128 valence electrons. The molecule has 3 aromatic rings. The number of rotatable bonds is 5. The number of methoxy groups -OCH3 is 1.